The smallest absolute Gasteiger partial charge is 0.169 e. The van der Waals surface area contributed by atoms with Gasteiger partial charge >= 0.3 is 0 Å². The molecule has 1 aromatic heterocycles. The van der Waals surface area contributed by atoms with E-state index < -0.39 is 0 Å². The van der Waals surface area contributed by atoms with Gasteiger partial charge in [-0.15, -0.1) is 0 Å². The summed E-state index contributed by atoms with van der Waals surface area (Å²) in [5.74, 6) is 1.36. The van der Waals surface area contributed by atoms with Crippen LogP contribution < -0.4 is 0 Å². The summed E-state index contributed by atoms with van der Waals surface area (Å²) in [5.41, 5.74) is 0.745. The van der Waals surface area contributed by atoms with E-state index in [2.05, 4.69) is 6.92 Å². The summed E-state index contributed by atoms with van der Waals surface area (Å²) in [6.07, 6.45) is 8.94. The van der Waals surface area contributed by atoms with Crippen LogP contribution in [0.4, 0.5) is 0 Å². The number of hydrogen-bond donors (Lipinski definition) is 0. The van der Waals surface area contributed by atoms with Crippen LogP contribution in [0.25, 0.3) is 0 Å². The van der Waals surface area contributed by atoms with Gasteiger partial charge in [0.1, 0.15) is 6.26 Å². The fourth-order valence-corrected chi connectivity index (χ4v) is 2.47. The minimum absolute atomic E-state index is 0.241. The molecule has 2 nitrogen and oxygen atoms in total. The first-order valence-electron chi connectivity index (χ1n) is 5.87. The summed E-state index contributed by atoms with van der Waals surface area (Å²) in [6, 6.07) is 1.77. The van der Waals surface area contributed by atoms with Gasteiger partial charge in [0, 0.05) is 5.92 Å². The first-order chi connectivity index (χ1) is 7.31. The van der Waals surface area contributed by atoms with Gasteiger partial charge in [-0.1, -0.05) is 13.3 Å². The predicted molar refractivity (Wildman–Crippen MR) is 58.8 cm³/mol. The molecule has 0 atom stereocenters. The minimum atomic E-state index is 0.241. The first kappa shape index (κ1) is 10.5. The highest BCUT2D eigenvalue weighted by molar-refractivity contribution is 5.97. The van der Waals surface area contributed by atoms with E-state index in [1.807, 2.05) is 0 Å². The Labute approximate surface area is 90.7 Å². The molecule has 0 N–H and O–H groups in total. The number of hydrogen-bond acceptors (Lipinski definition) is 2. The molecule has 82 valence electrons. The molecule has 0 aromatic carbocycles. The Hall–Kier alpha value is -1.05. The molecule has 1 saturated carbocycles. The zero-order chi connectivity index (χ0) is 10.7. The van der Waals surface area contributed by atoms with Crippen molar-refractivity contribution in [3.05, 3.63) is 24.2 Å². The first-order valence-corrected chi connectivity index (χ1v) is 5.87. The molecule has 1 aliphatic rings. The van der Waals surface area contributed by atoms with Crippen LogP contribution in [-0.4, -0.2) is 5.78 Å². The predicted octanol–water partition coefficient (Wildman–Crippen LogP) is 3.68. The highest BCUT2D eigenvalue weighted by atomic mass is 16.3. The Morgan fingerprint density at radius 3 is 2.67 bits per heavy atom. The maximum Gasteiger partial charge on any atom is 0.169 e. The third kappa shape index (κ3) is 2.31. The van der Waals surface area contributed by atoms with Crippen molar-refractivity contribution in [3.63, 3.8) is 0 Å². The van der Waals surface area contributed by atoms with Crippen molar-refractivity contribution >= 4 is 5.78 Å². The Balaban J connectivity index is 1.93. The molecule has 0 spiro atoms. The quantitative estimate of drug-likeness (QED) is 0.706. The molecule has 2 heteroatoms. The van der Waals surface area contributed by atoms with Crippen molar-refractivity contribution in [1.82, 2.24) is 0 Å². The number of rotatable bonds is 3. The summed E-state index contributed by atoms with van der Waals surface area (Å²) in [4.78, 5) is 12.0. The van der Waals surface area contributed by atoms with Crippen molar-refractivity contribution in [2.75, 3.05) is 0 Å². The van der Waals surface area contributed by atoms with E-state index >= 15 is 0 Å². The summed E-state index contributed by atoms with van der Waals surface area (Å²) in [5, 5.41) is 0. The summed E-state index contributed by atoms with van der Waals surface area (Å²) in [6.45, 7) is 2.24. The lowest BCUT2D eigenvalue weighted by Gasteiger charge is -2.26. The Morgan fingerprint density at radius 2 is 2.13 bits per heavy atom. The van der Waals surface area contributed by atoms with E-state index in [9.17, 15) is 4.79 Å². The van der Waals surface area contributed by atoms with Crippen LogP contribution in [0.3, 0.4) is 0 Å². The zero-order valence-corrected chi connectivity index (χ0v) is 9.24. The highest BCUT2D eigenvalue weighted by Gasteiger charge is 2.26. The number of Topliss-reactive ketones (excluding diaryl/α,β-unsaturated/α-hetero) is 1. The third-order valence-electron chi connectivity index (χ3n) is 3.60. The van der Waals surface area contributed by atoms with Gasteiger partial charge in [0.05, 0.1) is 11.8 Å². The molecule has 15 heavy (non-hydrogen) atoms. The van der Waals surface area contributed by atoms with E-state index in [1.54, 1.807) is 18.6 Å². The van der Waals surface area contributed by atoms with Gasteiger partial charge in [0.2, 0.25) is 0 Å². The molecular weight excluding hydrogens is 188 g/mol. The van der Waals surface area contributed by atoms with Crippen molar-refractivity contribution in [2.24, 2.45) is 11.8 Å². The highest BCUT2D eigenvalue weighted by Crippen LogP contribution is 2.32. The number of furan rings is 1. The van der Waals surface area contributed by atoms with Gasteiger partial charge in [-0.3, -0.25) is 4.79 Å². The largest absolute Gasteiger partial charge is 0.472 e. The second-order valence-electron chi connectivity index (χ2n) is 4.50. The minimum Gasteiger partial charge on any atom is -0.472 e. The van der Waals surface area contributed by atoms with Gasteiger partial charge in [-0.05, 0) is 37.7 Å². The van der Waals surface area contributed by atoms with E-state index in [0.717, 1.165) is 24.3 Å². The maximum atomic E-state index is 12.0. The maximum absolute atomic E-state index is 12.0. The second kappa shape index (κ2) is 4.65. The summed E-state index contributed by atoms with van der Waals surface area (Å²) in [7, 11) is 0. The van der Waals surface area contributed by atoms with Gasteiger partial charge in [-0.2, -0.15) is 0 Å². The topological polar surface area (TPSA) is 30.2 Å². The van der Waals surface area contributed by atoms with Crippen LogP contribution in [0, 0.1) is 11.8 Å². The summed E-state index contributed by atoms with van der Waals surface area (Å²) >= 11 is 0. The lowest BCUT2D eigenvalue weighted by molar-refractivity contribution is 0.0870. The van der Waals surface area contributed by atoms with E-state index in [0.29, 0.717) is 0 Å². The van der Waals surface area contributed by atoms with Crippen LogP contribution in [0.1, 0.15) is 49.4 Å². The fraction of sp³-hybridized carbons (Fsp3) is 0.615. The number of ketones is 1. The van der Waals surface area contributed by atoms with Crippen LogP contribution in [0.2, 0.25) is 0 Å². The standard InChI is InChI=1S/C13H18O2/c1-2-10-3-5-11(6-4-10)13(14)12-7-8-15-9-12/h7-11H,2-6H2,1H3. The van der Waals surface area contributed by atoms with Gasteiger partial charge in [0.15, 0.2) is 5.78 Å². The van der Waals surface area contributed by atoms with Gasteiger partial charge < -0.3 is 4.42 Å². The van der Waals surface area contributed by atoms with Crippen molar-refractivity contribution in [2.45, 2.75) is 39.0 Å². The number of carbonyl (C=O) groups is 1. The molecule has 1 aromatic rings. The Bertz CT molecular complexity index is 305. The van der Waals surface area contributed by atoms with Crippen LogP contribution in [0.5, 0.6) is 0 Å². The molecule has 1 fully saturated rings. The lowest BCUT2D eigenvalue weighted by Crippen LogP contribution is -2.21. The van der Waals surface area contributed by atoms with E-state index in [4.69, 9.17) is 4.42 Å². The fourth-order valence-electron chi connectivity index (χ4n) is 2.47. The summed E-state index contributed by atoms with van der Waals surface area (Å²) < 4.78 is 4.95. The van der Waals surface area contributed by atoms with Crippen LogP contribution in [0.15, 0.2) is 23.0 Å². The van der Waals surface area contributed by atoms with E-state index in [-0.39, 0.29) is 11.7 Å². The molecule has 0 saturated heterocycles. The van der Waals surface area contributed by atoms with Gasteiger partial charge in [-0.25, -0.2) is 0 Å². The lowest BCUT2D eigenvalue weighted by atomic mass is 9.78. The molecule has 1 heterocycles. The molecule has 0 aliphatic heterocycles. The Morgan fingerprint density at radius 1 is 1.40 bits per heavy atom. The molecule has 0 radical (unpaired) electrons. The average Bonchev–Trinajstić information content (AvgIpc) is 2.82. The molecular formula is C13H18O2. The molecule has 0 amide bonds. The van der Waals surface area contributed by atoms with Crippen LogP contribution in [-0.2, 0) is 0 Å². The monoisotopic (exact) mass is 206 g/mol. The average molecular weight is 206 g/mol. The van der Waals surface area contributed by atoms with Crippen molar-refractivity contribution < 1.29 is 9.21 Å². The van der Waals surface area contributed by atoms with Crippen LogP contribution >= 0.6 is 0 Å². The van der Waals surface area contributed by atoms with Crippen molar-refractivity contribution in [3.8, 4) is 0 Å². The Kier molecular flexibility index (Phi) is 3.24. The third-order valence-corrected chi connectivity index (χ3v) is 3.60. The SMILES string of the molecule is CCC1CCC(C(=O)c2ccoc2)CC1. The van der Waals surface area contributed by atoms with Crippen molar-refractivity contribution in [1.29, 1.82) is 0 Å². The normalized spacial score (nSPS) is 26.5. The molecule has 0 bridgehead atoms. The molecule has 2 rings (SSSR count). The molecule has 1 aliphatic carbocycles. The zero-order valence-electron chi connectivity index (χ0n) is 9.24. The van der Waals surface area contributed by atoms with E-state index in [1.165, 1.54) is 19.3 Å². The number of carbonyl (C=O) groups excluding carboxylic acids is 1. The van der Waals surface area contributed by atoms with Gasteiger partial charge in [0.25, 0.3) is 0 Å². The second-order valence-corrected chi connectivity index (χ2v) is 4.50. The molecule has 0 unspecified atom stereocenters.